The fourth-order valence-corrected chi connectivity index (χ4v) is 5.03. The van der Waals surface area contributed by atoms with Gasteiger partial charge in [-0.25, -0.2) is 4.57 Å². The molecule has 0 aromatic heterocycles. The predicted octanol–water partition coefficient (Wildman–Crippen LogP) is 10.3. The van der Waals surface area contributed by atoms with E-state index in [2.05, 4.69) is 73.1 Å². The fraction of sp³-hybridized carbons (Fsp3) is 0.610. The van der Waals surface area contributed by atoms with Gasteiger partial charge in [0.1, 0.15) is 6.61 Å². The standard InChI is InChI=1S/C41H67O9P/c1-3-5-7-9-11-12-13-14-15-16-17-18-19-20-22-26-30-34-40(43)48-36-39(37-49-51(45,46)47)50-41(44)35-31-27-23-25-29-33-38(42)32-28-24-21-10-8-6-4-2/h6,8,11-12,14-15,17-18,20-22,24,28,32,38-39,42H,3-5,7,9-10,13,16,19,23,25-27,29-31,33-37H2,1-2H3,(H2,45,46,47)/b8-6+,12-11-,15-14-,18-17-,22-20-,24-21+,32-28+/t38?,39-/m1/s1. The average Bonchev–Trinajstić information content (AvgIpc) is 3.09. The van der Waals surface area contributed by atoms with Gasteiger partial charge >= 0.3 is 19.8 Å². The van der Waals surface area contributed by atoms with Gasteiger partial charge in [0, 0.05) is 12.8 Å². The number of carbonyl (C=O) groups is 2. The van der Waals surface area contributed by atoms with Crippen LogP contribution in [0.1, 0.15) is 136 Å². The summed E-state index contributed by atoms with van der Waals surface area (Å²) in [6.07, 6.45) is 43.3. The normalized spacial score (nSPS) is 14.1. The Hall–Kier alpha value is -2.81. The van der Waals surface area contributed by atoms with E-state index in [0.29, 0.717) is 25.7 Å². The summed E-state index contributed by atoms with van der Waals surface area (Å²) in [7, 11) is -4.79. The summed E-state index contributed by atoms with van der Waals surface area (Å²) >= 11 is 0. The Bertz CT molecular complexity index is 1110. The molecule has 0 aromatic carbocycles. The Morgan fingerprint density at radius 1 is 0.627 bits per heavy atom. The third kappa shape index (κ3) is 38.3. The fourth-order valence-electron chi connectivity index (χ4n) is 4.66. The Morgan fingerprint density at radius 2 is 1.20 bits per heavy atom. The van der Waals surface area contributed by atoms with Crippen LogP contribution in [0.25, 0.3) is 0 Å². The van der Waals surface area contributed by atoms with E-state index in [0.717, 1.165) is 64.2 Å². The van der Waals surface area contributed by atoms with Gasteiger partial charge in [-0.05, 0) is 70.6 Å². The molecule has 0 rings (SSSR count). The van der Waals surface area contributed by atoms with Gasteiger partial charge in [-0.1, -0.05) is 137 Å². The summed E-state index contributed by atoms with van der Waals surface area (Å²) in [6, 6.07) is 0. The van der Waals surface area contributed by atoms with Crippen LogP contribution in [0.2, 0.25) is 0 Å². The molecule has 0 aliphatic heterocycles. The molecule has 0 radical (unpaired) electrons. The third-order valence-corrected chi connectivity index (χ3v) is 7.99. The summed E-state index contributed by atoms with van der Waals surface area (Å²) in [5, 5.41) is 10.1. The number of aliphatic hydroxyl groups excluding tert-OH is 1. The molecule has 2 atom stereocenters. The van der Waals surface area contributed by atoms with Gasteiger partial charge in [0.25, 0.3) is 0 Å². The Balaban J connectivity index is 4.18. The van der Waals surface area contributed by atoms with E-state index < -0.39 is 38.6 Å². The molecular weight excluding hydrogens is 667 g/mol. The molecular formula is C41H67O9P. The lowest BCUT2D eigenvalue weighted by Gasteiger charge is -2.18. The maximum absolute atomic E-state index is 12.4. The number of hydrogen-bond donors (Lipinski definition) is 3. The van der Waals surface area contributed by atoms with Crippen molar-refractivity contribution in [3.05, 3.63) is 85.1 Å². The molecule has 0 amide bonds. The summed E-state index contributed by atoms with van der Waals surface area (Å²) in [5.74, 6) is -1.04. The maximum atomic E-state index is 12.4. The lowest BCUT2D eigenvalue weighted by molar-refractivity contribution is -0.161. The molecule has 0 heterocycles. The molecule has 9 nitrogen and oxygen atoms in total. The molecule has 1 unspecified atom stereocenters. The number of phosphoric ester groups is 1. The first kappa shape index (κ1) is 48.2. The van der Waals surface area contributed by atoms with Crippen molar-refractivity contribution in [2.45, 2.75) is 148 Å². The zero-order valence-electron chi connectivity index (χ0n) is 31.3. The highest BCUT2D eigenvalue weighted by Gasteiger charge is 2.22. The van der Waals surface area contributed by atoms with E-state index in [-0.39, 0.29) is 19.4 Å². The number of unbranched alkanes of at least 4 members (excludes halogenated alkanes) is 8. The lowest BCUT2D eigenvalue weighted by Crippen LogP contribution is -2.29. The minimum Gasteiger partial charge on any atom is -0.462 e. The molecule has 0 aromatic rings. The Kier molecular flexibility index (Phi) is 33.6. The zero-order chi connectivity index (χ0) is 37.7. The molecule has 3 N–H and O–H groups in total. The molecule has 0 fully saturated rings. The molecule has 0 aliphatic carbocycles. The van der Waals surface area contributed by atoms with Crippen LogP contribution in [0.15, 0.2) is 85.1 Å². The van der Waals surface area contributed by atoms with Crippen LogP contribution in [0.5, 0.6) is 0 Å². The SMILES string of the molecule is CC/C=C/C/C=C/C=C/C(O)CCCCCCCC(=O)O[C@H](COC(=O)CCC/C=C\C/C=C\C/C=C\C/C=C\CCCCC)COP(=O)(O)O. The molecule has 0 saturated carbocycles. The van der Waals surface area contributed by atoms with E-state index in [4.69, 9.17) is 19.3 Å². The lowest BCUT2D eigenvalue weighted by atomic mass is 10.1. The third-order valence-electron chi connectivity index (χ3n) is 7.50. The van der Waals surface area contributed by atoms with Crippen molar-refractivity contribution in [2.24, 2.45) is 0 Å². The minimum absolute atomic E-state index is 0.126. The molecule has 0 bridgehead atoms. The van der Waals surface area contributed by atoms with Gasteiger partial charge in [0.05, 0.1) is 12.7 Å². The van der Waals surface area contributed by atoms with Crippen LogP contribution in [-0.2, 0) is 28.2 Å². The summed E-state index contributed by atoms with van der Waals surface area (Å²) in [6.45, 7) is 3.37. The number of esters is 2. The smallest absolute Gasteiger partial charge is 0.462 e. The number of ether oxygens (including phenoxy) is 2. The van der Waals surface area contributed by atoms with E-state index in [1.807, 2.05) is 24.3 Å². The number of hydrogen-bond acceptors (Lipinski definition) is 7. The topological polar surface area (TPSA) is 140 Å². The second-order valence-corrected chi connectivity index (χ2v) is 13.6. The minimum atomic E-state index is -4.79. The zero-order valence-corrected chi connectivity index (χ0v) is 32.2. The number of allylic oxidation sites excluding steroid dienone is 13. The van der Waals surface area contributed by atoms with Gasteiger partial charge in [0.15, 0.2) is 6.10 Å². The van der Waals surface area contributed by atoms with Crippen molar-refractivity contribution >= 4 is 19.8 Å². The summed E-state index contributed by atoms with van der Waals surface area (Å²) in [4.78, 5) is 42.7. The first-order valence-electron chi connectivity index (χ1n) is 19.0. The van der Waals surface area contributed by atoms with Crippen LogP contribution in [0.3, 0.4) is 0 Å². The first-order valence-corrected chi connectivity index (χ1v) is 20.5. The van der Waals surface area contributed by atoms with E-state index in [1.165, 1.54) is 19.3 Å². The highest BCUT2D eigenvalue weighted by atomic mass is 31.2. The Labute approximate surface area is 308 Å². The molecule has 10 heteroatoms. The molecule has 51 heavy (non-hydrogen) atoms. The second-order valence-electron chi connectivity index (χ2n) is 12.4. The van der Waals surface area contributed by atoms with Crippen LogP contribution < -0.4 is 0 Å². The predicted molar refractivity (Wildman–Crippen MR) is 208 cm³/mol. The highest BCUT2D eigenvalue weighted by molar-refractivity contribution is 7.46. The number of rotatable bonds is 33. The summed E-state index contributed by atoms with van der Waals surface area (Å²) in [5.41, 5.74) is 0. The van der Waals surface area contributed by atoms with Crippen molar-refractivity contribution in [3.8, 4) is 0 Å². The van der Waals surface area contributed by atoms with Crippen LogP contribution in [0, 0.1) is 0 Å². The highest BCUT2D eigenvalue weighted by Crippen LogP contribution is 2.36. The van der Waals surface area contributed by atoms with Crippen molar-refractivity contribution in [3.63, 3.8) is 0 Å². The number of phosphoric acid groups is 1. The molecule has 0 aliphatic rings. The number of aliphatic hydroxyl groups is 1. The quantitative estimate of drug-likeness (QED) is 0.0198. The van der Waals surface area contributed by atoms with Crippen molar-refractivity contribution in [2.75, 3.05) is 13.2 Å². The summed E-state index contributed by atoms with van der Waals surface area (Å²) < 4.78 is 26.2. The number of carbonyl (C=O) groups excluding carboxylic acids is 2. The van der Waals surface area contributed by atoms with Crippen LogP contribution >= 0.6 is 7.82 Å². The van der Waals surface area contributed by atoms with Gasteiger partial charge in [-0.2, -0.15) is 0 Å². The average molecular weight is 735 g/mol. The van der Waals surface area contributed by atoms with E-state index in [9.17, 15) is 19.3 Å². The maximum Gasteiger partial charge on any atom is 0.469 e. The van der Waals surface area contributed by atoms with E-state index >= 15 is 0 Å². The molecule has 290 valence electrons. The van der Waals surface area contributed by atoms with Gasteiger partial charge in [-0.15, -0.1) is 0 Å². The van der Waals surface area contributed by atoms with E-state index in [1.54, 1.807) is 6.08 Å². The van der Waals surface area contributed by atoms with Crippen molar-refractivity contribution in [1.29, 1.82) is 0 Å². The van der Waals surface area contributed by atoms with Gasteiger partial charge < -0.3 is 24.4 Å². The first-order chi connectivity index (χ1) is 24.7. The second kappa shape index (κ2) is 35.6. The monoisotopic (exact) mass is 734 g/mol. The Morgan fingerprint density at radius 3 is 1.84 bits per heavy atom. The van der Waals surface area contributed by atoms with Crippen molar-refractivity contribution in [1.82, 2.24) is 0 Å². The van der Waals surface area contributed by atoms with Crippen LogP contribution in [0.4, 0.5) is 0 Å². The largest absolute Gasteiger partial charge is 0.469 e. The van der Waals surface area contributed by atoms with Gasteiger partial charge in [-0.3, -0.25) is 14.1 Å². The van der Waals surface area contributed by atoms with Crippen molar-refractivity contribution < 1.29 is 43.0 Å². The molecule has 0 spiro atoms. The van der Waals surface area contributed by atoms with Crippen LogP contribution in [-0.4, -0.2) is 52.3 Å². The molecule has 0 saturated heterocycles. The van der Waals surface area contributed by atoms with Gasteiger partial charge in [0.2, 0.25) is 0 Å².